The van der Waals surface area contributed by atoms with Crippen LogP contribution in [0.1, 0.15) is 46.0 Å². The molecule has 1 unspecified atom stereocenters. The van der Waals surface area contributed by atoms with Crippen molar-refractivity contribution >= 4 is 61.8 Å². The molecule has 11 rings (SSSR count). The second kappa shape index (κ2) is 14.1. The molecule has 2 aliphatic rings. The third-order valence-corrected chi connectivity index (χ3v) is 13.3. The molecule has 2 N–H and O–H groups in total. The molecule has 2 aromatic heterocycles. The Morgan fingerprint density at radius 2 is 1.31 bits per heavy atom. The minimum Gasteiger partial charge on any atom is -0.398 e. The van der Waals surface area contributed by atoms with Gasteiger partial charge in [0.15, 0.2) is 0 Å². The molecule has 4 heterocycles. The molecule has 0 amide bonds. The molecular formula is C55H41N3S. The van der Waals surface area contributed by atoms with E-state index >= 15 is 0 Å². The summed E-state index contributed by atoms with van der Waals surface area (Å²) >= 11 is 1.89. The average molecular weight is 776 g/mol. The number of fused-ring (bicyclic) bond motifs is 12. The standard InChI is InChI=1S/C55H41N3S/c1-2-3-6-22-41-33-40-34-47-53(36-51(40)57(41)32-31-39(37-18-7-4-8-19-37)35-48(56)38-20-9-5-10-21-38)59-52-30-16-13-26-45(52)55(47)44-25-12-15-29-50(44)58-49-28-14-11-23-42(49)43-24-17-27-46(55)54(43)58/h2-31,33-36H,32,56H2,1H3/b3-2-,22-6-,39-31+,48-35-. The van der Waals surface area contributed by atoms with Crippen LogP contribution in [0.5, 0.6) is 0 Å². The van der Waals surface area contributed by atoms with Crippen molar-refractivity contribution in [2.75, 3.05) is 0 Å². The lowest BCUT2D eigenvalue weighted by Crippen LogP contribution is -2.37. The summed E-state index contributed by atoms with van der Waals surface area (Å²) in [5.74, 6) is 0. The van der Waals surface area contributed by atoms with Crippen LogP contribution < -0.4 is 5.73 Å². The summed E-state index contributed by atoms with van der Waals surface area (Å²) in [5, 5.41) is 3.78. The van der Waals surface area contributed by atoms with Crippen LogP contribution in [0.2, 0.25) is 0 Å². The van der Waals surface area contributed by atoms with Crippen LogP contribution in [0.3, 0.4) is 0 Å². The Kier molecular flexibility index (Phi) is 8.42. The first kappa shape index (κ1) is 35.2. The highest BCUT2D eigenvalue weighted by Gasteiger charge is 2.49. The quantitative estimate of drug-likeness (QED) is 0.164. The van der Waals surface area contributed by atoms with E-state index in [9.17, 15) is 0 Å². The summed E-state index contributed by atoms with van der Waals surface area (Å²) in [6, 6.07) is 62.1. The molecule has 4 heteroatoms. The molecule has 1 atom stereocenters. The van der Waals surface area contributed by atoms with Gasteiger partial charge < -0.3 is 14.9 Å². The van der Waals surface area contributed by atoms with E-state index in [1.54, 1.807) is 0 Å². The van der Waals surface area contributed by atoms with Gasteiger partial charge in [0.1, 0.15) is 0 Å². The van der Waals surface area contributed by atoms with Gasteiger partial charge in [-0.2, -0.15) is 0 Å². The fourth-order valence-corrected chi connectivity index (χ4v) is 10.9. The predicted octanol–water partition coefficient (Wildman–Crippen LogP) is 13.6. The molecule has 2 aliphatic heterocycles. The van der Waals surface area contributed by atoms with Crippen molar-refractivity contribution in [2.24, 2.45) is 5.73 Å². The van der Waals surface area contributed by atoms with Crippen molar-refractivity contribution < 1.29 is 0 Å². The molecule has 9 aromatic rings. The highest BCUT2D eigenvalue weighted by Crippen LogP contribution is 2.61. The van der Waals surface area contributed by atoms with Gasteiger partial charge in [-0.05, 0) is 94.4 Å². The zero-order valence-electron chi connectivity index (χ0n) is 32.7. The maximum atomic E-state index is 6.77. The Morgan fingerprint density at radius 1 is 0.610 bits per heavy atom. The van der Waals surface area contributed by atoms with Gasteiger partial charge in [0.25, 0.3) is 0 Å². The summed E-state index contributed by atoms with van der Waals surface area (Å²) in [5.41, 5.74) is 21.6. The van der Waals surface area contributed by atoms with E-state index in [0.717, 1.165) is 28.1 Å². The maximum Gasteiger partial charge on any atom is 0.0764 e. The van der Waals surface area contributed by atoms with Gasteiger partial charge >= 0.3 is 0 Å². The number of hydrogen-bond acceptors (Lipinski definition) is 2. The second-order valence-electron chi connectivity index (χ2n) is 15.4. The van der Waals surface area contributed by atoms with Gasteiger partial charge in [-0.3, -0.25) is 0 Å². The third-order valence-electron chi connectivity index (χ3n) is 12.2. The van der Waals surface area contributed by atoms with Crippen molar-refractivity contribution in [3.8, 4) is 5.69 Å². The fraction of sp³-hybridized carbons (Fsp3) is 0.0545. The summed E-state index contributed by atoms with van der Waals surface area (Å²) < 4.78 is 4.96. The Hall–Kier alpha value is -7.01. The van der Waals surface area contributed by atoms with Gasteiger partial charge in [-0.1, -0.05) is 170 Å². The molecule has 0 radical (unpaired) electrons. The number of aromatic nitrogens is 2. The van der Waals surface area contributed by atoms with Crippen molar-refractivity contribution in [2.45, 2.75) is 28.7 Å². The lowest BCUT2D eigenvalue weighted by Gasteiger charge is -2.45. The van der Waals surface area contributed by atoms with Gasteiger partial charge in [0, 0.05) is 49.4 Å². The number of nitrogens with two attached hydrogens (primary N) is 1. The zero-order chi connectivity index (χ0) is 39.5. The Bertz CT molecular complexity index is 3230. The molecule has 0 bridgehead atoms. The lowest BCUT2D eigenvalue weighted by molar-refractivity contribution is 0.690. The average Bonchev–Trinajstić information content (AvgIpc) is 3.81. The first-order valence-electron chi connectivity index (χ1n) is 20.3. The molecule has 0 saturated heterocycles. The molecule has 7 aromatic carbocycles. The molecule has 59 heavy (non-hydrogen) atoms. The third kappa shape index (κ3) is 5.44. The first-order valence-corrected chi connectivity index (χ1v) is 21.1. The van der Waals surface area contributed by atoms with Gasteiger partial charge in [-0.15, -0.1) is 0 Å². The number of nitrogens with zero attached hydrogens (tertiary/aromatic N) is 2. The van der Waals surface area contributed by atoms with Gasteiger partial charge in [-0.25, -0.2) is 0 Å². The maximum absolute atomic E-state index is 6.77. The SMILES string of the molecule is C/C=C\C=C/c1cc2cc3c(cc2n1C/C=C(\C=C(/N)c1ccccc1)c1ccccc1)Sc1ccccc1C31c2ccccc2-n2c3ccccc3c3cccc1c32. The van der Waals surface area contributed by atoms with Crippen molar-refractivity contribution in [3.05, 3.63) is 239 Å². The van der Waals surface area contributed by atoms with Gasteiger partial charge in [0.2, 0.25) is 0 Å². The van der Waals surface area contributed by atoms with E-state index < -0.39 is 5.41 Å². The topological polar surface area (TPSA) is 35.9 Å². The largest absolute Gasteiger partial charge is 0.398 e. The number of rotatable bonds is 7. The van der Waals surface area contributed by atoms with Crippen LogP contribution in [0.4, 0.5) is 0 Å². The summed E-state index contributed by atoms with van der Waals surface area (Å²) in [6.07, 6.45) is 13.0. The molecule has 282 valence electrons. The van der Waals surface area contributed by atoms with E-state index in [1.807, 2.05) is 30.0 Å². The van der Waals surface area contributed by atoms with Crippen LogP contribution in [0.25, 0.3) is 55.7 Å². The normalized spacial score (nSPS) is 16.1. The van der Waals surface area contributed by atoms with Crippen LogP contribution in [-0.4, -0.2) is 9.13 Å². The first-order chi connectivity index (χ1) is 29.1. The summed E-state index contributed by atoms with van der Waals surface area (Å²) in [4.78, 5) is 2.56. The Balaban J connectivity index is 1.17. The van der Waals surface area contributed by atoms with E-state index in [0.29, 0.717) is 6.54 Å². The fourth-order valence-electron chi connectivity index (χ4n) is 9.67. The zero-order valence-corrected chi connectivity index (χ0v) is 33.5. The van der Waals surface area contributed by atoms with Crippen molar-refractivity contribution in [1.82, 2.24) is 9.13 Å². The number of benzene rings is 7. The van der Waals surface area contributed by atoms with E-state index in [1.165, 1.54) is 70.4 Å². The van der Waals surface area contributed by atoms with Crippen LogP contribution in [0, 0.1) is 0 Å². The van der Waals surface area contributed by atoms with E-state index in [-0.39, 0.29) is 0 Å². The highest BCUT2D eigenvalue weighted by molar-refractivity contribution is 7.99. The minimum absolute atomic E-state index is 0.533. The molecule has 3 nitrogen and oxygen atoms in total. The molecule has 0 saturated carbocycles. The van der Waals surface area contributed by atoms with Crippen molar-refractivity contribution in [3.63, 3.8) is 0 Å². The molecular weight excluding hydrogens is 735 g/mol. The predicted molar refractivity (Wildman–Crippen MR) is 249 cm³/mol. The van der Waals surface area contributed by atoms with Gasteiger partial charge in [0.05, 0.1) is 22.1 Å². The van der Waals surface area contributed by atoms with Crippen LogP contribution in [-0.2, 0) is 12.0 Å². The molecule has 0 aliphatic carbocycles. The smallest absolute Gasteiger partial charge is 0.0764 e. The van der Waals surface area contributed by atoms with E-state index in [2.05, 4.69) is 204 Å². The lowest BCUT2D eigenvalue weighted by atomic mass is 9.62. The highest BCUT2D eigenvalue weighted by atomic mass is 32.2. The van der Waals surface area contributed by atoms with E-state index in [4.69, 9.17) is 5.73 Å². The Morgan fingerprint density at radius 3 is 2.14 bits per heavy atom. The molecule has 0 fully saturated rings. The Labute approximate surface area is 348 Å². The monoisotopic (exact) mass is 775 g/mol. The minimum atomic E-state index is -0.533. The number of hydrogen-bond donors (Lipinski definition) is 1. The number of allylic oxidation sites excluding steroid dienone is 6. The number of para-hydroxylation sites is 3. The van der Waals surface area contributed by atoms with Crippen molar-refractivity contribution in [1.29, 1.82) is 0 Å². The van der Waals surface area contributed by atoms with Crippen LogP contribution >= 0.6 is 11.8 Å². The molecule has 1 spiro atoms. The second-order valence-corrected chi connectivity index (χ2v) is 16.5. The summed E-state index contributed by atoms with van der Waals surface area (Å²) in [6.45, 7) is 2.72. The summed E-state index contributed by atoms with van der Waals surface area (Å²) in [7, 11) is 0. The van der Waals surface area contributed by atoms with Crippen LogP contribution in [0.15, 0.2) is 210 Å².